The van der Waals surface area contributed by atoms with Crippen molar-refractivity contribution in [2.75, 3.05) is 6.54 Å². The Balaban J connectivity index is 2.78. The van der Waals surface area contributed by atoms with E-state index in [-0.39, 0.29) is 0 Å². The monoisotopic (exact) mass is 357 g/mol. The molecule has 1 nitrogen and oxygen atoms in total. The molecule has 0 fully saturated rings. The highest BCUT2D eigenvalue weighted by molar-refractivity contribution is 9.11. The van der Waals surface area contributed by atoms with Crippen LogP contribution in [0, 0.1) is 12.3 Å². The van der Waals surface area contributed by atoms with Crippen molar-refractivity contribution in [2.45, 2.75) is 32.2 Å². The van der Waals surface area contributed by atoms with Crippen LogP contribution < -0.4 is 5.32 Å². The minimum atomic E-state index is 0.371. The summed E-state index contributed by atoms with van der Waals surface area (Å²) in [5.74, 6) is 2.69. The van der Waals surface area contributed by atoms with Gasteiger partial charge in [0.25, 0.3) is 0 Å². The fraction of sp³-hybridized carbons (Fsp3) is 0.429. The lowest BCUT2D eigenvalue weighted by atomic mass is 10.0. The van der Waals surface area contributed by atoms with E-state index in [4.69, 9.17) is 6.42 Å². The summed E-state index contributed by atoms with van der Waals surface area (Å²) >= 11 is 7.09. The summed E-state index contributed by atoms with van der Waals surface area (Å²) < 4.78 is 2.23. The van der Waals surface area contributed by atoms with Gasteiger partial charge in [0, 0.05) is 21.4 Å². The van der Waals surface area contributed by atoms with Crippen LogP contribution in [0.3, 0.4) is 0 Å². The van der Waals surface area contributed by atoms with E-state index in [9.17, 15) is 0 Å². The third kappa shape index (κ3) is 4.83. The van der Waals surface area contributed by atoms with Gasteiger partial charge in [0.1, 0.15) is 0 Å². The van der Waals surface area contributed by atoms with Crippen molar-refractivity contribution in [2.24, 2.45) is 0 Å². The van der Waals surface area contributed by atoms with Crippen molar-refractivity contribution in [3.05, 3.63) is 32.7 Å². The molecule has 1 N–H and O–H groups in total. The van der Waals surface area contributed by atoms with Crippen LogP contribution >= 0.6 is 31.9 Å². The number of rotatable bonds is 6. The predicted octanol–water partition coefficient (Wildman–Crippen LogP) is 4.67. The normalized spacial score (nSPS) is 12.1. The molecule has 3 heteroatoms. The summed E-state index contributed by atoms with van der Waals surface area (Å²) in [6.45, 7) is 3.09. The van der Waals surface area contributed by atoms with Crippen molar-refractivity contribution in [1.82, 2.24) is 5.32 Å². The standard InChI is InChI=1S/C14H17Br2N/c1-3-5-6-7-14(17-4-2)12-9-8-11(15)10-13(12)16/h1,8-10,14,17H,4-7H2,2H3. The van der Waals surface area contributed by atoms with Gasteiger partial charge in [-0.2, -0.15) is 0 Å². The molecule has 1 rings (SSSR count). The molecule has 0 bridgehead atoms. The molecule has 0 aliphatic carbocycles. The molecular formula is C14H17Br2N. The molecule has 0 spiro atoms. The lowest BCUT2D eigenvalue weighted by Gasteiger charge is -2.19. The maximum atomic E-state index is 5.29. The molecule has 0 saturated carbocycles. The second-order valence-corrected chi connectivity index (χ2v) is 5.64. The third-order valence-corrected chi connectivity index (χ3v) is 3.78. The lowest BCUT2D eigenvalue weighted by Crippen LogP contribution is -2.21. The first-order chi connectivity index (χ1) is 8.19. The van der Waals surface area contributed by atoms with Gasteiger partial charge in [0.2, 0.25) is 0 Å². The largest absolute Gasteiger partial charge is 0.310 e. The summed E-state index contributed by atoms with van der Waals surface area (Å²) in [5.41, 5.74) is 1.30. The molecule has 0 saturated heterocycles. The number of unbranched alkanes of at least 4 members (excludes halogenated alkanes) is 1. The number of nitrogens with one attached hydrogen (secondary N) is 1. The van der Waals surface area contributed by atoms with Crippen LogP contribution in [0.2, 0.25) is 0 Å². The minimum Gasteiger partial charge on any atom is -0.310 e. The number of terminal acetylenes is 1. The average molecular weight is 359 g/mol. The molecular weight excluding hydrogens is 342 g/mol. The van der Waals surface area contributed by atoms with E-state index in [1.54, 1.807) is 0 Å². The summed E-state index contributed by atoms with van der Waals surface area (Å²) in [7, 11) is 0. The molecule has 92 valence electrons. The van der Waals surface area contributed by atoms with E-state index < -0.39 is 0 Å². The quantitative estimate of drug-likeness (QED) is 0.575. The van der Waals surface area contributed by atoms with Crippen LogP contribution in [0.5, 0.6) is 0 Å². The first-order valence-corrected chi connectivity index (χ1v) is 7.39. The molecule has 1 aromatic rings. The van der Waals surface area contributed by atoms with Gasteiger partial charge in [0.15, 0.2) is 0 Å². The topological polar surface area (TPSA) is 12.0 Å². The average Bonchev–Trinajstić information content (AvgIpc) is 2.28. The van der Waals surface area contributed by atoms with Crippen LogP contribution in [0.15, 0.2) is 27.1 Å². The van der Waals surface area contributed by atoms with Gasteiger partial charge >= 0.3 is 0 Å². The maximum absolute atomic E-state index is 5.29. The number of hydrogen-bond donors (Lipinski definition) is 1. The van der Waals surface area contributed by atoms with Crippen LogP contribution in [0.1, 0.15) is 37.8 Å². The summed E-state index contributed by atoms with van der Waals surface area (Å²) in [5, 5.41) is 3.50. The first-order valence-electron chi connectivity index (χ1n) is 5.80. The molecule has 0 aromatic heterocycles. The van der Waals surface area contributed by atoms with E-state index >= 15 is 0 Å². The Kier molecular flexibility index (Phi) is 6.87. The second kappa shape index (κ2) is 7.92. The Morgan fingerprint density at radius 1 is 1.41 bits per heavy atom. The molecule has 0 amide bonds. The van der Waals surface area contributed by atoms with Gasteiger partial charge in [-0.3, -0.25) is 0 Å². The van der Waals surface area contributed by atoms with E-state index in [2.05, 4.69) is 68.2 Å². The Bertz CT molecular complexity index is 396. The van der Waals surface area contributed by atoms with Gasteiger partial charge in [-0.15, -0.1) is 12.3 Å². The molecule has 0 aliphatic rings. The smallest absolute Gasteiger partial charge is 0.0331 e. The Hall–Kier alpha value is -0.300. The zero-order chi connectivity index (χ0) is 12.7. The van der Waals surface area contributed by atoms with E-state index in [0.717, 1.165) is 34.8 Å². The van der Waals surface area contributed by atoms with Gasteiger partial charge in [-0.1, -0.05) is 44.8 Å². The second-order valence-electron chi connectivity index (χ2n) is 3.87. The van der Waals surface area contributed by atoms with Gasteiger partial charge in [-0.25, -0.2) is 0 Å². The van der Waals surface area contributed by atoms with Crippen molar-refractivity contribution in [3.8, 4) is 12.3 Å². The van der Waals surface area contributed by atoms with Crippen LogP contribution in [-0.4, -0.2) is 6.54 Å². The number of hydrogen-bond acceptors (Lipinski definition) is 1. The Morgan fingerprint density at radius 2 is 2.18 bits per heavy atom. The van der Waals surface area contributed by atoms with Gasteiger partial charge < -0.3 is 5.32 Å². The zero-order valence-electron chi connectivity index (χ0n) is 9.97. The highest BCUT2D eigenvalue weighted by Crippen LogP contribution is 2.29. The van der Waals surface area contributed by atoms with E-state index in [0.29, 0.717) is 6.04 Å². The summed E-state index contributed by atoms with van der Waals surface area (Å²) in [6, 6.07) is 6.68. The first kappa shape index (κ1) is 14.8. The molecule has 17 heavy (non-hydrogen) atoms. The number of halogens is 2. The van der Waals surface area contributed by atoms with Crippen molar-refractivity contribution >= 4 is 31.9 Å². The van der Waals surface area contributed by atoms with Gasteiger partial charge in [-0.05, 0) is 37.1 Å². The van der Waals surface area contributed by atoms with Crippen LogP contribution in [0.4, 0.5) is 0 Å². The van der Waals surface area contributed by atoms with Crippen LogP contribution in [0.25, 0.3) is 0 Å². The molecule has 1 aromatic carbocycles. The molecule has 1 atom stereocenters. The summed E-state index contributed by atoms with van der Waals surface area (Å²) in [6.07, 6.45) is 8.25. The highest BCUT2D eigenvalue weighted by Gasteiger charge is 2.13. The van der Waals surface area contributed by atoms with E-state index in [1.165, 1.54) is 5.56 Å². The lowest BCUT2D eigenvalue weighted by molar-refractivity contribution is 0.500. The van der Waals surface area contributed by atoms with Gasteiger partial charge in [0.05, 0.1) is 0 Å². The fourth-order valence-electron chi connectivity index (χ4n) is 1.81. The van der Waals surface area contributed by atoms with Crippen molar-refractivity contribution in [3.63, 3.8) is 0 Å². The SMILES string of the molecule is C#CCCCC(NCC)c1ccc(Br)cc1Br. The fourth-order valence-corrected chi connectivity index (χ4v) is 3.13. The zero-order valence-corrected chi connectivity index (χ0v) is 13.1. The maximum Gasteiger partial charge on any atom is 0.0331 e. The minimum absolute atomic E-state index is 0.371. The molecule has 0 aliphatic heterocycles. The van der Waals surface area contributed by atoms with Crippen LogP contribution in [-0.2, 0) is 0 Å². The van der Waals surface area contributed by atoms with Crippen molar-refractivity contribution in [1.29, 1.82) is 0 Å². The third-order valence-electron chi connectivity index (χ3n) is 2.60. The Morgan fingerprint density at radius 3 is 2.76 bits per heavy atom. The molecule has 0 radical (unpaired) electrons. The molecule has 0 heterocycles. The predicted molar refractivity (Wildman–Crippen MR) is 80.9 cm³/mol. The summed E-state index contributed by atoms with van der Waals surface area (Å²) in [4.78, 5) is 0. The van der Waals surface area contributed by atoms with Crippen molar-refractivity contribution < 1.29 is 0 Å². The van der Waals surface area contributed by atoms with E-state index in [1.807, 2.05) is 0 Å². The number of benzene rings is 1. The highest BCUT2D eigenvalue weighted by atomic mass is 79.9. The Labute approximate surface area is 121 Å². The molecule has 1 unspecified atom stereocenters.